The Kier molecular flexibility index (Phi) is 3.45. The van der Waals surface area contributed by atoms with Gasteiger partial charge in [-0.15, -0.1) is 0 Å². The van der Waals surface area contributed by atoms with Gasteiger partial charge in [0.25, 0.3) is 0 Å². The number of nitrogens with zero attached hydrogens (tertiary/aromatic N) is 4. The first-order chi connectivity index (χ1) is 10.4. The summed E-state index contributed by atoms with van der Waals surface area (Å²) in [6, 6.07) is 4.71. The molecule has 0 amide bonds. The SMILES string of the molecule is Cc1nn(C)c(C)c1CNS(=O)(=O)c1cccc2nonc12. The fraction of sp³-hybridized carbons (Fsp3) is 0.308. The molecule has 22 heavy (non-hydrogen) atoms. The van der Waals surface area contributed by atoms with E-state index in [4.69, 9.17) is 0 Å². The Bertz CT molecular complexity index is 942. The molecule has 3 rings (SSSR count). The fourth-order valence-corrected chi connectivity index (χ4v) is 3.46. The van der Waals surface area contributed by atoms with E-state index >= 15 is 0 Å². The van der Waals surface area contributed by atoms with Crippen molar-refractivity contribution >= 4 is 21.1 Å². The van der Waals surface area contributed by atoms with E-state index in [1.807, 2.05) is 20.9 Å². The Morgan fingerprint density at radius 3 is 2.73 bits per heavy atom. The topological polar surface area (TPSA) is 103 Å². The predicted octanol–water partition coefficient (Wildman–Crippen LogP) is 1.05. The highest BCUT2D eigenvalue weighted by Gasteiger charge is 2.21. The lowest BCUT2D eigenvalue weighted by molar-refractivity contribution is 0.315. The molecule has 116 valence electrons. The summed E-state index contributed by atoms with van der Waals surface area (Å²) in [6.45, 7) is 3.90. The van der Waals surface area contributed by atoms with Gasteiger partial charge in [-0.05, 0) is 36.3 Å². The smallest absolute Gasteiger partial charge is 0.243 e. The summed E-state index contributed by atoms with van der Waals surface area (Å²) in [5.41, 5.74) is 3.19. The second-order valence-electron chi connectivity index (χ2n) is 4.99. The minimum absolute atomic E-state index is 0.0467. The molecule has 0 saturated carbocycles. The molecule has 0 saturated heterocycles. The molecule has 1 N–H and O–H groups in total. The Labute approximate surface area is 127 Å². The van der Waals surface area contributed by atoms with Crippen molar-refractivity contribution in [3.05, 3.63) is 35.2 Å². The second-order valence-corrected chi connectivity index (χ2v) is 6.72. The Hall–Kier alpha value is -2.26. The zero-order valence-electron chi connectivity index (χ0n) is 12.4. The van der Waals surface area contributed by atoms with Crippen LogP contribution in [0.3, 0.4) is 0 Å². The monoisotopic (exact) mass is 321 g/mol. The summed E-state index contributed by atoms with van der Waals surface area (Å²) in [7, 11) is -1.91. The molecule has 0 fully saturated rings. The van der Waals surface area contributed by atoms with Gasteiger partial charge in [0.1, 0.15) is 10.4 Å². The van der Waals surface area contributed by atoms with Crippen molar-refractivity contribution in [1.29, 1.82) is 0 Å². The molecule has 0 unspecified atom stereocenters. The zero-order valence-corrected chi connectivity index (χ0v) is 13.2. The third-order valence-electron chi connectivity index (χ3n) is 3.64. The number of rotatable bonds is 4. The summed E-state index contributed by atoms with van der Waals surface area (Å²) in [5, 5.41) is 11.6. The van der Waals surface area contributed by atoms with E-state index in [9.17, 15) is 8.42 Å². The van der Waals surface area contributed by atoms with Crippen molar-refractivity contribution in [3.8, 4) is 0 Å². The van der Waals surface area contributed by atoms with E-state index in [1.54, 1.807) is 16.8 Å². The van der Waals surface area contributed by atoms with Gasteiger partial charge in [-0.3, -0.25) is 4.68 Å². The zero-order chi connectivity index (χ0) is 15.9. The van der Waals surface area contributed by atoms with Crippen LogP contribution >= 0.6 is 0 Å². The fourth-order valence-electron chi connectivity index (χ4n) is 2.32. The lowest BCUT2D eigenvalue weighted by Crippen LogP contribution is -2.24. The van der Waals surface area contributed by atoms with Crippen molar-refractivity contribution < 1.29 is 13.0 Å². The molecule has 8 nitrogen and oxygen atoms in total. The number of hydrogen-bond donors (Lipinski definition) is 1. The van der Waals surface area contributed by atoms with Crippen LogP contribution in [0.15, 0.2) is 27.7 Å². The van der Waals surface area contributed by atoms with E-state index in [0.29, 0.717) is 5.52 Å². The molecular formula is C13H15N5O3S. The number of sulfonamides is 1. The molecule has 2 aromatic heterocycles. The number of nitrogens with one attached hydrogen (secondary N) is 1. The maximum atomic E-state index is 12.5. The van der Waals surface area contributed by atoms with Crippen LogP contribution in [0.2, 0.25) is 0 Å². The van der Waals surface area contributed by atoms with Crippen LogP contribution in [0.25, 0.3) is 11.0 Å². The molecule has 2 heterocycles. The third-order valence-corrected chi connectivity index (χ3v) is 5.07. The van der Waals surface area contributed by atoms with E-state index in [2.05, 4.69) is 24.8 Å². The van der Waals surface area contributed by atoms with Crippen molar-refractivity contribution in [3.63, 3.8) is 0 Å². The summed E-state index contributed by atoms with van der Waals surface area (Å²) in [6.07, 6.45) is 0. The van der Waals surface area contributed by atoms with Crippen molar-refractivity contribution in [2.75, 3.05) is 0 Å². The molecule has 0 aliphatic heterocycles. The molecule has 0 bridgehead atoms. The van der Waals surface area contributed by atoms with Gasteiger partial charge in [-0.1, -0.05) is 6.07 Å². The van der Waals surface area contributed by atoms with E-state index < -0.39 is 10.0 Å². The second kappa shape index (κ2) is 5.18. The normalized spacial score (nSPS) is 12.1. The number of aryl methyl sites for hydroxylation is 2. The Morgan fingerprint density at radius 2 is 2.05 bits per heavy atom. The first-order valence-corrected chi connectivity index (χ1v) is 8.08. The van der Waals surface area contributed by atoms with Gasteiger partial charge in [0, 0.05) is 24.8 Å². The largest absolute Gasteiger partial charge is 0.272 e. The quantitative estimate of drug-likeness (QED) is 0.770. The standard InChI is InChI=1S/C13H15N5O3S/c1-8-10(9(2)18(3)15-8)7-14-22(19,20)12-6-4-5-11-13(12)17-21-16-11/h4-6,14H,7H2,1-3H3. The summed E-state index contributed by atoms with van der Waals surface area (Å²) >= 11 is 0. The highest BCUT2D eigenvalue weighted by atomic mass is 32.2. The number of hydrogen-bond acceptors (Lipinski definition) is 6. The molecule has 0 atom stereocenters. The van der Waals surface area contributed by atoms with Crippen LogP contribution in [-0.4, -0.2) is 28.5 Å². The van der Waals surface area contributed by atoms with Crippen LogP contribution in [0, 0.1) is 13.8 Å². The highest BCUT2D eigenvalue weighted by molar-refractivity contribution is 7.89. The highest BCUT2D eigenvalue weighted by Crippen LogP contribution is 2.20. The molecule has 3 aromatic rings. The van der Waals surface area contributed by atoms with Crippen LogP contribution in [-0.2, 0) is 23.6 Å². The molecule has 0 spiro atoms. The third kappa shape index (κ3) is 2.38. The Balaban J connectivity index is 1.93. The van der Waals surface area contributed by atoms with Crippen LogP contribution in [0.5, 0.6) is 0 Å². The van der Waals surface area contributed by atoms with Crippen LogP contribution < -0.4 is 4.72 Å². The summed E-state index contributed by atoms with van der Waals surface area (Å²) in [5.74, 6) is 0. The van der Waals surface area contributed by atoms with Gasteiger partial charge >= 0.3 is 0 Å². The maximum absolute atomic E-state index is 12.5. The lowest BCUT2D eigenvalue weighted by Gasteiger charge is -2.07. The van der Waals surface area contributed by atoms with Crippen molar-refractivity contribution in [2.45, 2.75) is 25.3 Å². The van der Waals surface area contributed by atoms with Crippen molar-refractivity contribution in [2.24, 2.45) is 7.05 Å². The van der Waals surface area contributed by atoms with E-state index in [1.165, 1.54) is 6.07 Å². The average Bonchev–Trinajstić information content (AvgIpc) is 3.03. The number of aromatic nitrogens is 4. The number of fused-ring (bicyclic) bond motifs is 1. The minimum atomic E-state index is -3.73. The Morgan fingerprint density at radius 1 is 1.27 bits per heavy atom. The first-order valence-electron chi connectivity index (χ1n) is 6.60. The van der Waals surface area contributed by atoms with E-state index in [-0.39, 0.29) is 17.0 Å². The van der Waals surface area contributed by atoms with Crippen LogP contribution in [0.1, 0.15) is 17.0 Å². The van der Waals surface area contributed by atoms with Gasteiger partial charge in [0.15, 0.2) is 5.52 Å². The van der Waals surface area contributed by atoms with Crippen LogP contribution in [0.4, 0.5) is 0 Å². The van der Waals surface area contributed by atoms with Gasteiger partial charge < -0.3 is 0 Å². The van der Waals surface area contributed by atoms with Gasteiger partial charge in [0.2, 0.25) is 10.0 Å². The lowest BCUT2D eigenvalue weighted by atomic mass is 10.2. The van der Waals surface area contributed by atoms with Gasteiger partial charge in [-0.2, -0.15) is 5.10 Å². The van der Waals surface area contributed by atoms with E-state index in [0.717, 1.165) is 17.0 Å². The molecule has 0 aliphatic rings. The van der Waals surface area contributed by atoms with Gasteiger partial charge in [0.05, 0.1) is 5.69 Å². The summed E-state index contributed by atoms with van der Waals surface area (Å²) in [4.78, 5) is 0.0467. The number of benzene rings is 1. The molecule has 1 aromatic carbocycles. The first kappa shape index (κ1) is 14.7. The summed E-state index contributed by atoms with van der Waals surface area (Å²) < 4.78 is 33.9. The average molecular weight is 321 g/mol. The predicted molar refractivity (Wildman–Crippen MR) is 78.5 cm³/mol. The minimum Gasteiger partial charge on any atom is -0.272 e. The molecule has 0 aliphatic carbocycles. The van der Waals surface area contributed by atoms with Gasteiger partial charge in [-0.25, -0.2) is 17.8 Å². The van der Waals surface area contributed by atoms with Crippen molar-refractivity contribution in [1.82, 2.24) is 24.8 Å². The molecule has 0 radical (unpaired) electrons. The molecular weight excluding hydrogens is 306 g/mol. The molecule has 9 heteroatoms. The maximum Gasteiger partial charge on any atom is 0.243 e.